The maximum absolute atomic E-state index is 10.6. The second-order valence-electron chi connectivity index (χ2n) is 0.514. The molecule has 0 rings (SSSR count). The van der Waals surface area contributed by atoms with Crippen LogP contribution >= 0.6 is 17.0 Å². The first-order valence-electron chi connectivity index (χ1n) is 1.13. The molecule has 0 fully saturated rings. The van der Waals surface area contributed by atoms with E-state index in [0.717, 1.165) is 5.73 Å². The average molecular weight is 175 g/mol. The molecule has 0 amide bonds. The molecular formula is C3H2BrF3. The Morgan fingerprint density at radius 3 is 1.86 bits per heavy atom. The van der Waals surface area contributed by atoms with Gasteiger partial charge in [0, 0.05) is 0 Å². The van der Waals surface area contributed by atoms with Crippen LogP contribution in [0.1, 0.15) is 0 Å². The number of hydrogen-bond donors (Lipinski definition) is 0. The van der Waals surface area contributed by atoms with E-state index in [1.165, 1.54) is 0 Å². The maximum Gasteiger partial charge on any atom is 0.315 e. The van der Waals surface area contributed by atoms with Crippen LogP contribution in [0.15, 0.2) is 18.1 Å². The molecule has 0 spiro atoms. The van der Waals surface area contributed by atoms with Gasteiger partial charge >= 0.3 is 6.08 Å². The minimum Gasteiger partial charge on any atom is -0.206 e. The van der Waals surface area contributed by atoms with Crippen molar-refractivity contribution in [1.29, 1.82) is 0 Å². The molecule has 0 aromatic carbocycles. The first kappa shape index (κ1) is 9.92. The van der Waals surface area contributed by atoms with E-state index in [2.05, 4.69) is 0 Å². The molecule has 0 atom stereocenters. The second-order valence-corrected chi connectivity index (χ2v) is 0.514. The summed E-state index contributed by atoms with van der Waals surface area (Å²) in [4.78, 5) is 0. The summed E-state index contributed by atoms with van der Waals surface area (Å²) >= 11 is 0. The fourth-order valence-corrected chi connectivity index (χ4v) is 0.0412. The predicted molar refractivity (Wildman–Crippen MR) is 25.2 cm³/mol. The van der Waals surface area contributed by atoms with Gasteiger partial charge in [-0.05, 0) is 5.73 Å². The van der Waals surface area contributed by atoms with E-state index in [4.69, 9.17) is 0 Å². The molecule has 0 saturated carbocycles. The minimum atomic E-state index is -2.14. The minimum absolute atomic E-state index is 0. The van der Waals surface area contributed by atoms with Gasteiger partial charge in [-0.2, -0.15) is 8.78 Å². The SMILES string of the molecule is Br.FC=C=C(F)F. The summed E-state index contributed by atoms with van der Waals surface area (Å²) in [6.45, 7) is 0. The van der Waals surface area contributed by atoms with Crippen LogP contribution < -0.4 is 0 Å². The Balaban J connectivity index is 0. The summed E-state index contributed by atoms with van der Waals surface area (Å²) in [6.07, 6.45) is -2.48. The molecule has 0 nitrogen and oxygen atoms in total. The van der Waals surface area contributed by atoms with Gasteiger partial charge in [0.25, 0.3) is 0 Å². The van der Waals surface area contributed by atoms with Crippen molar-refractivity contribution in [2.75, 3.05) is 0 Å². The molecule has 0 aromatic heterocycles. The zero-order valence-corrected chi connectivity index (χ0v) is 4.83. The number of halogens is 4. The number of rotatable bonds is 0. The summed E-state index contributed by atoms with van der Waals surface area (Å²) < 4.78 is 31.6. The smallest absolute Gasteiger partial charge is 0.206 e. The van der Waals surface area contributed by atoms with Crippen LogP contribution in [0.25, 0.3) is 0 Å². The highest BCUT2D eigenvalue weighted by atomic mass is 79.9. The summed E-state index contributed by atoms with van der Waals surface area (Å²) in [5, 5.41) is 0. The van der Waals surface area contributed by atoms with Crippen molar-refractivity contribution in [3.63, 3.8) is 0 Å². The summed E-state index contributed by atoms with van der Waals surface area (Å²) in [5.41, 5.74) is 1.000. The van der Waals surface area contributed by atoms with Crippen molar-refractivity contribution in [3.05, 3.63) is 18.1 Å². The lowest BCUT2D eigenvalue weighted by Crippen LogP contribution is -1.41. The van der Waals surface area contributed by atoms with Crippen molar-refractivity contribution in [2.24, 2.45) is 0 Å². The van der Waals surface area contributed by atoms with E-state index in [0.29, 0.717) is 0 Å². The molecule has 0 unspecified atom stereocenters. The molecule has 0 aliphatic rings. The van der Waals surface area contributed by atoms with Crippen LogP contribution in [0.4, 0.5) is 13.2 Å². The van der Waals surface area contributed by atoms with Crippen LogP contribution in [-0.2, 0) is 0 Å². The molecule has 0 aliphatic heterocycles. The van der Waals surface area contributed by atoms with E-state index in [1.807, 2.05) is 0 Å². The molecule has 0 aromatic rings. The summed E-state index contributed by atoms with van der Waals surface area (Å²) in [5.74, 6) is 0. The van der Waals surface area contributed by atoms with Gasteiger partial charge in [0.2, 0.25) is 0 Å². The zero-order chi connectivity index (χ0) is 4.99. The largest absolute Gasteiger partial charge is 0.315 e. The van der Waals surface area contributed by atoms with Gasteiger partial charge in [0.1, 0.15) is 6.33 Å². The van der Waals surface area contributed by atoms with Crippen molar-refractivity contribution in [1.82, 2.24) is 0 Å². The summed E-state index contributed by atoms with van der Waals surface area (Å²) in [6, 6.07) is 0. The molecule has 0 heterocycles. The Morgan fingerprint density at radius 2 is 1.86 bits per heavy atom. The Kier molecular flexibility index (Phi) is 8.21. The molecule has 4 heteroatoms. The topological polar surface area (TPSA) is 0 Å². The second kappa shape index (κ2) is 5.79. The third kappa shape index (κ3) is 10.7. The van der Waals surface area contributed by atoms with Gasteiger partial charge in [-0.3, -0.25) is 0 Å². The Bertz CT molecular complexity index is 88.4. The highest BCUT2D eigenvalue weighted by Gasteiger charge is 1.75. The van der Waals surface area contributed by atoms with Crippen molar-refractivity contribution >= 4 is 17.0 Å². The van der Waals surface area contributed by atoms with Gasteiger partial charge in [0.15, 0.2) is 0 Å². The van der Waals surface area contributed by atoms with Gasteiger partial charge in [-0.15, -0.1) is 17.0 Å². The van der Waals surface area contributed by atoms with E-state index < -0.39 is 6.08 Å². The normalized spacial score (nSPS) is 5.57. The Morgan fingerprint density at radius 1 is 1.43 bits per heavy atom. The summed E-state index contributed by atoms with van der Waals surface area (Å²) in [7, 11) is 0. The maximum atomic E-state index is 10.6. The van der Waals surface area contributed by atoms with Crippen LogP contribution in [0.5, 0.6) is 0 Å². The van der Waals surface area contributed by atoms with Gasteiger partial charge in [0.05, 0.1) is 0 Å². The van der Waals surface area contributed by atoms with Crippen molar-refractivity contribution in [3.8, 4) is 0 Å². The standard InChI is InChI=1S/C3HF3.BrH/c4-2-1-3(5)6;/h2H;1H. The third-order valence-electron chi connectivity index (χ3n) is 0.164. The molecular weight excluding hydrogens is 173 g/mol. The molecule has 0 saturated heterocycles. The number of hydrogen-bond acceptors (Lipinski definition) is 0. The Labute approximate surface area is 49.1 Å². The quantitative estimate of drug-likeness (QED) is 0.496. The molecule has 0 N–H and O–H groups in total. The van der Waals surface area contributed by atoms with E-state index >= 15 is 0 Å². The molecule has 0 aliphatic carbocycles. The highest BCUT2D eigenvalue weighted by Crippen LogP contribution is 1.90. The third-order valence-corrected chi connectivity index (χ3v) is 0.164. The van der Waals surface area contributed by atoms with E-state index in [1.54, 1.807) is 0 Å². The van der Waals surface area contributed by atoms with Crippen molar-refractivity contribution < 1.29 is 13.2 Å². The van der Waals surface area contributed by atoms with Gasteiger partial charge in [-0.1, -0.05) is 0 Å². The fourth-order valence-electron chi connectivity index (χ4n) is 0.0412. The van der Waals surface area contributed by atoms with Crippen LogP contribution in [-0.4, -0.2) is 0 Å². The van der Waals surface area contributed by atoms with Crippen LogP contribution in [0, 0.1) is 0 Å². The van der Waals surface area contributed by atoms with Gasteiger partial charge in [-0.25, -0.2) is 4.39 Å². The van der Waals surface area contributed by atoms with E-state index in [-0.39, 0.29) is 23.3 Å². The highest BCUT2D eigenvalue weighted by molar-refractivity contribution is 8.93. The molecule has 0 bridgehead atoms. The monoisotopic (exact) mass is 174 g/mol. The lowest BCUT2D eigenvalue weighted by Gasteiger charge is -1.58. The van der Waals surface area contributed by atoms with Crippen LogP contribution in [0.3, 0.4) is 0 Å². The van der Waals surface area contributed by atoms with E-state index in [9.17, 15) is 13.2 Å². The average Bonchev–Trinajstić information content (AvgIpc) is 1.35. The lowest BCUT2D eigenvalue weighted by atomic mass is 10.9. The van der Waals surface area contributed by atoms with Crippen LogP contribution in [0.2, 0.25) is 0 Å². The Hall–Kier alpha value is -0.210. The molecule has 0 radical (unpaired) electrons. The van der Waals surface area contributed by atoms with Crippen molar-refractivity contribution in [2.45, 2.75) is 0 Å². The first-order valence-corrected chi connectivity index (χ1v) is 1.13. The zero-order valence-electron chi connectivity index (χ0n) is 3.12. The first-order chi connectivity index (χ1) is 2.77. The van der Waals surface area contributed by atoms with Gasteiger partial charge < -0.3 is 0 Å². The predicted octanol–water partition coefficient (Wildman–Crippen LogP) is 2.43. The molecule has 42 valence electrons. The fraction of sp³-hybridized carbons (Fsp3) is 0. The lowest BCUT2D eigenvalue weighted by molar-refractivity contribution is 0.422. The molecule has 7 heavy (non-hydrogen) atoms.